The minimum atomic E-state index is -0.163. The summed E-state index contributed by atoms with van der Waals surface area (Å²) in [6.45, 7) is 3.26. The molecule has 11 nitrogen and oxygen atoms in total. The number of benzene rings is 1. The number of hydrogen-bond acceptors (Lipinski definition) is 9. The molecule has 0 radical (unpaired) electrons. The molecule has 178 valence electrons. The fraction of sp³-hybridized carbons (Fsp3) is 0.125. The second-order valence-corrected chi connectivity index (χ2v) is 8.21. The van der Waals surface area contributed by atoms with Gasteiger partial charge in [0.2, 0.25) is 0 Å². The molecule has 0 aliphatic carbocycles. The van der Waals surface area contributed by atoms with Gasteiger partial charge in [-0.1, -0.05) is 11.6 Å². The normalized spacial score (nSPS) is 10.9. The van der Waals surface area contributed by atoms with Crippen LogP contribution in [0.15, 0.2) is 48.8 Å². The second kappa shape index (κ2) is 9.09. The number of nitrogens with zero attached hydrogens (tertiary/aromatic N) is 8. The van der Waals surface area contributed by atoms with Gasteiger partial charge in [0, 0.05) is 17.4 Å². The van der Waals surface area contributed by atoms with Gasteiger partial charge in [0.25, 0.3) is 0 Å². The Morgan fingerprint density at radius 3 is 2.72 bits per heavy atom. The van der Waals surface area contributed by atoms with Gasteiger partial charge in [-0.3, -0.25) is 9.36 Å². The van der Waals surface area contributed by atoms with Crippen LogP contribution in [0.25, 0.3) is 22.7 Å². The van der Waals surface area contributed by atoms with Crippen LogP contribution in [-0.4, -0.2) is 47.4 Å². The number of Topliss-reactive ketones (excluding diaryl/α,β-unsaturated/α-hetero) is 1. The molecule has 4 heterocycles. The monoisotopic (exact) mass is 499 g/mol. The molecule has 0 fully saturated rings. The van der Waals surface area contributed by atoms with Crippen LogP contribution >= 0.6 is 11.6 Å². The number of anilines is 2. The summed E-state index contributed by atoms with van der Waals surface area (Å²) < 4.78 is 8.62. The highest BCUT2D eigenvalue weighted by atomic mass is 35.5. The zero-order valence-corrected chi connectivity index (χ0v) is 20.1. The van der Waals surface area contributed by atoms with Crippen molar-refractivity contribution in [2.45, 2.75) is 13.8 Å². The van der Waals surface area contributed by atoms with Gasteiger partial charge in [0.1, 0.15) is 18.2 Å². The van der Waals surface area contributed by atoms with E-state index < -0.39 is 0 Å². The molecule has 5 aromatic rings. The number of imidazole rings is 1. The topological polar surface area (TPSA) is 136 Å². The first kappa shape index (κ1) is 22.9. The van der Waals surface area contributed by atoms with Crippen LogP contribution in [-0.2, 0) is 0 Å². The molecule has 36 heavy (non-hydrogen) atoms. The SMILES string of the molecule is COc1cc(Cl)nnc1Nc1ccc2c(c1)ncn2-c1ccc(C(C)=O)c(-n2nc(C#N)cc2C)n1. The van der Waals surface area contributed by atoms with Crippen molar-refractivity contribution in [1.82, 2.24) is 34.5 Å². The molecular weight excluding hydrogens is 482 g/mol. The van der Waals surface area contributed by atoms with Crippen LogP contribution in [0.5, 0.6) is 5.75 Å². The standard InChI is InChI=1S/C24H18ClN9O2/c1-13-8-16(11-26)32-34(13)24-17(14(2)35)5-7-22(29-24)33-12-27-18-9-15(4-6-19(18)33)28-23-20(36-3)10-21(25)30-31-23/h4-10,12H,1-3H3,(H,28,31). The lowest BCUT2D eigenvalue weighted by atomic mass is 10.2. The van der Waals surface area contributed by atoms with Crippen molar-refractivity contribution in [3.05, 3.63) is 70.9 Å². The number of carbonyl (C=O) groups is 1. The number of fused-ring (bicyclic) bond motifs is 1. The molecule has 0 bridgehead atoms. The van der Waals surface area contributed by atoms with Crippen molar-refractivity contribution < 1.29 is 9.53 Å². The van der Waals surface area contributed by atoms with Crippen molar-refractivity contribution in [3.63, 3.8) is 0 Å². The summed E-state index contributed by atoms with van der Waals surface area (Å²) in [5, 5.41) is 24.8. The van der Waals surface area contributed by atoms with E-state index >= 15 is 0 Å². The largest absolute Gasteiger partial charge is 0.493 e. The van der Waals surface area contributed by atoms with E-state index in [0.717, 1.165) is 11.2 Å². The molecule has 0 amide bonds. The quantitative estimate of drug-likeness (QED) is 0.341. The maximum absolute atomic E-state index is 12.3. The first-order valence-corrected chi connectivity index (χ1v) is 11.1. The number of aryl methyl sites for hydroxylation is 1. The molecule has 0 aliphatic heterocycles. The molecule has 0 unspecified atom stereocenters. The number of halogens is 1. The van der Waals surface area contributed by atoms with Crippen molar-refractivity contribution in [1.29, 1.82) is 5.26 Å². The summed E-state index contributed by atoms with van der Waals surface area (Å²) in [5.74, 6) is 1.59. The maximum atomic E-state index is 12.3. The molecule has 5 rings (SSSR count). The fourth-order valence-electron chi connectivity index (χ4n) is 3.76. The maximum Gasteiger partial charge on any atom is 0.195 e. The van der Waals surface area contributed by atoms with E-state index in [0.29, 0.717) is 40.0 Å². The zero-order chi connectivity index (χ0) is 25.4. The van der Waals surface area contributed by atoms with E-state index in [4.69, 9.17) is 21.3 Å². The van der Waals surface area contributed by atoms with Crippen LogP contribution in [0.1, 0.15) is 28.7 Å². The Kier molecular flexibility index (Phi) is 5.79. The third-order valence-corrected chi connectivity index (χ3v) is 5.63. The number of pyridine rings is 1. The summed E-state index contributed by atoms with van der Waals surface area (Å²) in [6.07, 6.45) is 1.65. The number of ketones is 1. The molecule has 1 aromatic carbocycles. The smallest absolute Gasteiger partial charge is 0.195 e. The Bertz CT molecular complexity index is 1680. The number of hydrogen-bond donors (Lipinski definition) is 1. The minimum absolute atomic E-state index is 0.163. The Morgan fingerprint density at radius 2 is 2.00 bits per heavy atom. The average Bonchev–Trinajstić information content (AvgIpc) is 3.47. The highest BCUT2D eigenvalue weighted by molar-refractivity contribution is 6.29. The van der Waals surface area contributed by atoms with E-state index in [2.05, 4.69) is 25.6 Å². The van der Waals surface area contributed by atoms with E-state index in [-0.39, 0.29) is 16.6 Å². The lowest BCUT2D eigenvalue weighted by Crippen LogP contribution is -2.11. The van der Waals surface area contributed by atoms with Crippen LogP contribution < -0.4 is 10.1 Å². The predicted octanol–water partition coefficient (Wildman–Crippen LogP) is 4.18. The van der Waals surface area contributed by atoms with E-state index in [1.807, 2.05) is 24.3 Å². The molecule has 0 aliphatic rings. The average molecular weight is 500 g/mol. The van der Waals surface area contributed by atoms with Crippen molar-refractivity contribution in [3.8, 4) is 23.5 Å². The van der Waals surface area contributed by atoms with Gasteiger partial charge in [-0.25, -0.2) is 14.6 Å². The number of nitrogens with one attached hydrogen (secondary N) is 1. The van der Waals surface area contributed by atoms with Gasteiger partial charge in [-0.2, -0.15) is 10.4 Å². The van der Waals surface area contributed by atoms with Crippen LogP contribution in [0.4, 0.5) is 11.5 Å². The number of methoxy groups -OCH3 is 1. The Balaban J connectivity index is 1.55. The van der Waals surface area contributed by atoms with E-state index in [1.54, 1.807) is 42.1 Å². The minimum Gasteiger partial charge on any atom is -0.493 e. The highest BCUT2D eigenvalue weighted by Crippen LogP contribution is 2.29. The zero-order valence-electron chi connectivity index (χ0n) is 19.4. The van der Waals surface area contributed by atoms with Gasteiger partial charge in [0.05, 0.1) is 23.7 Å². The molecule has 0 spiro atoms. The van der Waals surface area contributed by atoms with Gasteiger partial charge < -0.3 is 10.1 Å². The summed E-state index contributed by atoms with van der Waals surface area (Å²) in [5.41, 5.74) is 3.53. The number of rotatable bonds is 6. The number of carbonyl (C=O) groups excluding carboxylic acids is 1. The first-order valence-electron chi connectivity index (χ1n) is 10.7. The van der Waals surface area contributed by atoms with Gasteiger partial charge in [-0.05, 0) is 50.2 Å². The number of aromatic nitrogens is 7. The van der Waals surface area contributed by atoms with Gasteiger partial charge >= 0.3 is 0 Å². The van der Waals surface area contributed by atoms with Crippen LogP contribution in [0.3, 0.4) is 0 Å². The first-order chi connectivity index (χ1) is 17.4. The molecule has 4 aromatic heterocycles. The third kappa shape index (κ3) is 4.10. The Morgan fingerprint density at radius 1 is 1.17 bits per heavy atom. The highest BCUT2D eigenvalue weighted by Gasteiger charge is 2.17. The van der Waals surface area contributed by atoms with Gasteiger partial charge in [-0.15, -0.1) is 10.2 Å². The Labute approximate surface area is 210 Å². The number of ether oxygens (including phenoxy) is 1. The molecule has 0 atom stereocenters. The molecule has 12 heteroatoms. The molecule has 1 N–H and O–H groups in total. The number of nitriles is 1. The third-order valence-electron chi connectivity index (χ3n) is 5.45. The molecule has 0 saturated heterocycles. The van der Waals surface area contributed by atoms with Crippen LogP contribution in [0, 0.1) is 18.3 Å². The van der Waals surface area contributed by atoms with E-state index in [1.165, 1.54) is 18.7 Å². The predicted molar refractivity (Wildman–Crippen MR) is 132 cm³/mol. The lowest BCUT2D eigenvalue weighted by molar-refractivity contribution is 0.101. The second-order valence-electron chi connectivity index (χ2n) is 7.82. The van der Waals surface area contributed by atoms with Crippen molar-refractivity contribution in [2.75, 3.05) is 12.4 Å². The Hall–Kier alpha value is -4.82. The van der Waals surface area contributed by atoms with Crippen molar-refractivity contribution >= 4 is 39.9 Å². The summed E-state index contributed by atoms with van der Waals surface area (Å²) >= 11 is 5.89. The molecular formula is C24H18ClN9O2. The van der Waals surface area contributed by atoms with E-state index in [9.17, 15) is 10.1 Å². The summed E-state index contributed by atoms with van der Waals surface area (Å²) in [4.78, 5) is 21.5. The van der Waals surface area contributed by atoms with Gasteiger partial charge in [0.15, 0.2) is 34.0 Å². The lowest BCUT2D eigenvalue weighted by Gasteiger charge is -2.12. The molecule has 0 saturated carbocycles. The summed E-state index contributed by atoms with van der Waals surface area (Å²) in [7, 11) is 1.52. The summed E-state index contributed by atoms with van der Waals surface area (Å²) in [6, 6.07) is 14.3. The van der Waals surface area contributed by atoms with Crippen LogP contribution in [0.2, 0.25) is 5.15 Å². The van der Waals surface area contributed by atoms with Crippen molar-refractivity contribution in [2.24, 2.45) is 0 Å². The fourth-order valence-corrected chi connectivity index (χ4v) is 3.89.